The van der Waals surface area contributed by atoms with Crippen LogP contribution in [0.25, 0.3) is 0 Å². The molecule has 0 radical (unpaired) electrons. The predicted octanol–water partition coefficient (Wildman–Crippen LogP) is 2.76. The summed E-state index contributed by atoms with van der Waals surface area (Å²) in [6, 6.07) is 8.22. The number of para-hydroxylation sites is 1. The fraction of sp³-hybridized carbons (Fsp3) is 0.562. The Hall–Kier alpha value is -1.55. The van der Waals surface area contributed by atoms with Crippen LogP contribution in [0.3, 0.4) is 0 Å². The van der Waals surface area contributed by atoms with Crippen LogP contribution < -0.4 is 5.32 Å². The van der Waals surface area contributed by atoms with Crippen LogP contribution >= 0.6 is 0 Å². The van der Waals surface area contributed by atoms with Gasteiger partial charge in [0.1, 0.15) is 0 Å². The van der Waals surface area contributed by atoms with Gasteiger partial charge in [-0.3, -0.25) is 4.79 Å². The summed E-state index contributed by atoms with van der Waals surface area (Å²) in [5.41, 5.74) is 1.66. The number of amides is 1. The lowest BCUT2D eigenvalue weighted by Gasteiger charge is -2.35. The predicted molar refractivity (Wildman–Crippen MR) is 81.1 cm³/mol. The first-order chi connectivity index (χ1) is 9.63. The van der Waals surface area contributed by atoms with Crippen molar-refractivity contribution in [3.8, 4) is 0 Å². The van der Waals surface area contributed by atoms with Crippen LogP contribution in [0, 0.1) is 0 Å². The number of rotatable bonds is 4. The summed E-state index contributed by atoms with van der Waals surface area (Å²) in [7, 11) is 0. The topological polar surface area (TPSA) is 41.6 Å². The molecule has 20 heavy (non-hydrogen) atoms. The normalized spacial score (nSPS) is 19.2. The maximum Gasteiger partial charge on any atom is 0.256 e. The Labute approximate surface area is 121 Å². The van der Waals surface area contributed by atoms with Crippen LogP contribution in [0.4, 0.5) is 5.69 Å². The van der Waals surface area contributed by atoms with Crippen molar-refractivity contribution in [2.75, 3.05) is 25.1 Å². The van der Waals surface area contributed by atoms with E-state index in [4.69, 9.17) is 4.74 Å². The van der Waals surface area contributed by atoms with Crippen LogP contribution in [0.5, 0.6) is 0 Å². The second-order valence-corrected chi connectivity index (χ2v) is 5.48. The number of carbonyl (C=O) groups is 1. The number of nitrogens with one attached hydrogen (secondary N) is 1. The number of carbonyl (C=O) groups excluding carboxylic acids is 1. The monoisotopic (exact) mass is 276 g/mol. The Morgan fingerprint density at radius 3 is 2.90 bits per heavy atom. The van der Waals surface area contributed by atoms with E-state index in [1.807, 2.05) is 29.2 Å². The van der Waals surface area contributed by atoms with E-state index < -0.39 is 0 Å². The first kappa shape index (κ1) is 14.9. The molecule has 1 aliphatic heterocycles. The molecule has 1 aliphatic rings. The van der Waals surface area contributed by atoms with Gasteiger partial charge in [-0.15, -0.1) is 0 Å². The molecule has 1 aromatic rings. The van der Waals surface area contributed by atoms with Crippen LogP contribution in [0.2, 0.25) is 0 Å². The van der Waals surface area contributed by atoms with E-state index in [1.54, 1.807) is 0 Å². The van der Waals surface area contributed by atoms with E-state index in [0.717, 1.165) is 17.7 Å². The number of ether oxygens (including phenoxy) is 1. The zero-order valence-corrected chi connectivity index (χ0v) is 12.6. The molecule has 110 valence electrons. The van der Waals surface area contributed by atoms with Gasteiger partial charge in [0.05, 0.1) is 24.8 Å². The largest absolute Gasteiger partial charge is 0.382 e. The lowest BCUT2D eigenvalue weighted by molar-refractivity contribution is -0.00274. The molecule has 0 saturated carbocycles. The maximum atomic E-state index is 12.8. The Bertz CT molecular complexity index is 460. The van der Waals surface area contributed by atoms with Crippen molar-refractivity contribution in [3.05, 3.63) is 29.8 Å². The number of hydrogen-bond acceptors (Lipinski definition) is 3. The second kappa shape index (κ2) is 6.75. The molecule has 1 aromatic carbocycles. The van der Waals surface area contributed by atoms with Gasteiger partial charge < -0.3 is 15.0 Å². The van der Waals surface area contributed by atoms with Crippen molar-refractivity contribution in [1.29, 1.82) is 0 Å². The average Bonchev–Trinajstić information content (AvgIpc) is 2.46. The zero-order valence-electron chi connectivity index (χ0n) is 12.6. The van der Waals surface area contributed by atoms with E-state index in [9.17, 15) is 4.79 Å². The first-order valence-electron chi connectivity index (χ1n) is 7.37. The summed E-state index contributed by atoms with van der Waals surface area (Å²) < 4.78 is 5.47. The SMILES string of the molecule is CCC1COCCN1C(=O)c1ccccc1NC(C)C. The summed E-state index contributed by atoms with van der Waals surface area (Å²) in [6.07, 6.45) is 0.922. The van der Waals surface area contributed by atoms with Crippen molar-refractivity contribution in [1.82, 2.24) is 4.90 Å². The van der Waals surface area contributed by atoms with E-state index in [-0.39, 0.29) is 11.9 Å². The standard InChI is InChI=1S/C16H24N2O2/c1-4-13-11-20-10-9-18(13)16(19)14-7-5-6-8-15(14)17-12(2)3/h5-8,12-13,17H,4,9-11H2,1-3H3. The third-order valence-corrected chi connectivity index (χ3v) is 3.56. The molecule has 1 fully saturated rings. The second-order valence-electron chi connectivity index (χ2n) is 5.48. The van der Waals surface area contributed by atoms with Gasteiger partial charge in [-0.2, -0.15) is 0 Å². The number of anilines is 1. The third kappa shape index (κ3) is 3.31. The molecule has 1 saturated heterocycles. The minimum atomic E-state index is 0.101. The Morgan fingerprint density at radius 1 is 1.45 bits per heavy atom. The quantitative estimate of drug-likeness (QED) is 0.919. The van der Waals surface area contributed by atoms with Crippen molar-refractivity contribution in [2.45, 2.75) is 39.3 Å². The summed E-state index contributed by atoms with van der Waals surface area (Å²) in [5, 5.41) is 3.35. The maximum absolute atomic E-state index is 12.8. The number of hydrogen-bond donors (Lipinski definition) is 1. The van der Waals surface area contributed by atoms with Gasteiger partial charge in [0.2, 0.25) is 0 Å². The molecule has 1 heterocycles. The average molecular weight is 276 g/mol. The molecule has 4 nitrogen and oxygen atoms in total. The van der Waals surface area contributed by atoms with Crippen LogP contribution in [0.1, 0.15) is 37.6 Å². The molecular weight excluding hydrogens is 252 g/mol. The number of morpholine rings is 1. The van der Waals surface area contributed by atoms with E-state index >= 15 is 0 Å². The molecular formula is C16H24N2O2. The third-order valence-electron chi connectivity index (χ3n) is 3.56. The van der Waals surface area contributed by atoms with E-state index in [0.29, 0.717) is 25.8 Å². The fourth-order valence-electron chi connectivity index (χ4n) is 2.52. The van der Waals surface area contributed by atoms with Crippen molar-refractivity contribution in [2.24, 2.45) is 0 Å². The molecule has 0 aromatic heterocycles. The highest BCUT2D eigenvalue weighted by Gasteiger charge is 2.27. The van der Waals surface area contributed by atoms with Gasteiger partial charge in [-0.1, -0.05) is 19.1 Å². The summed E-state index contributed by atoms with van der Waals surface area (Å²) in [6.45, 7) is 8.19. The Morgan fingerprint density at radius 2 is 2.20 bits per heavy atom. The van der Waals surface area contributed by atoms with E-state index in [2.05, 4.69) is 26.1 Å². The first-order valence-corrected chi connectivity index (χ1v) is 7.37. The number of nitrogens with zero attached hydrogens (tertiary/aromatic N) is 1. The summed E-state index contributed by atoms with van der Waals surface area (Å²) in [5.74, 6) is 0.101. The molecule has 4 heteroatoms. The summed E-state index contributed by atoms with van der Waals surface area (Å²) in [4.78, 5) is 14.8. The number of benzene rings is 1. The van der Waals surface area contributed by atoms with Gasteiger partial charge in [-0.05, 0) is 32.4 Å². The fourth-order valence-corrected chi connectivity index (χ4v) is 2.52. The van der Waals surface area contributed by atoms with Crippen molar-refractivity contribution >= 4 is 11.6 Å². The zero-order chi connectivity index (χ0) is 14.5. The van der Waals surface area contributed by atoms with Crippen LogP contribution in [0.15, 0.2) is 24.3 Å². The summed E-state index contributed by atoms with van der Waals surface area (Å²) >= 11 is 0. The van der Waals surface area contributed by atoms with E-state index in [1.165, 1.54) is 0 Å². The van der Waals surface area contributed by atoms with Crippen LogP contribution in [-0.4, -0.2) is 42.6 Å². The molecule has 0 spiro atoms. The molecule has 2 rings (SSSR count). The van der Waals surface area contributed by atoms with Gasteiger partial charge in [0.25, 0.3) is 5.91 Å². The van der Waals surface area contributed by atoms with Crippen molar-refractivity contribution in [3.63, 3.8) is 0 Å². The minimum absolute atomic E-state index is 0.101. The minimum Gasteiger partial charge on any atom is -0.382 e. The molecule has 0 bridgehead atoms. The Kier molecular flexibility index (Phi) is 5.01. The molecule has 0 aliphatic carbocycles. The smallest absolute Gasteiger partial charge is 0.256 e. The highest BCUT2D eigenvalue weighted by atomic mass is 16.5. The van der Waals surface area contributed by atoms with Crippen molar-refractivity contribution < 1.29 is 9.53 Å². The molecule has 1 N–H and O–H groups in total. The van der Waals surface area contributed by atoms with Gasteiger partial charge >= 0.3 is 0 Å². The Balaban J connectivity index is 2.23. The van der Waals surface area contributed by atoms with Crippen LogP contribution in [-0.2, 0) is 4.74 Å². The van der Waals surface area contributed by atoms with Gasteiger partial charge in [0, 0.05) is 18.3 Å². The lowest BCUT2D eigenvalue weighted by atomic mass is 10.1. The highest BCUT2D eigenvalue weighted by molar-refractivity contribution is 5.99. The van der Waals surface area contributed by atoms with Gasteiger partial charge in [-0.25, -0.2) is 0 Å². The van der Waals surface area contributed by atoms with Gasteiger partial charge in [0.15, 0.2) is 0 Å². The molecule has 1 unspecified atom stereocenters. The molecule has 1 amide bonds. The highest BCUT2D eigenvalue weighted by Crippen LogP contribution is 2.21. The lowest BCUT2D eigenvalue weighted by Crippen LogP contribution is -2.48. The molecule has 1 atom stereocenters.